The van der Waals surface area contributed by atoms with Crippen LogP contribution < -0.4 is 20.5 Å². The van der Waals surface area contributed by atoms with E-state index in [4.69, 9.17) is 31.9 Å². The van der Waals surface area contributed by atoms with Crippen molar-refractivity contribution in [2.45, 2.75) is 25.3 Å². The molecule has 0 spiro atoms. The van der Waals surface area contributed by atoms with Gasteiger partial charge in [0.1, 0.15) is 0 Å². The molecule has 136 valence electrons. The number of carbonyl (C=O) groups excluding carboxylic acids is 2. The van der Waals surface area contributed by atoms with Gasteiger partial charge in [-0.05, 0) is 31.4 Å². The third-order valence-corrected chi connectivity index (χ3v) is 4.25. The van der Waals surface area contributed by atoms with Crippen molar-refractivity contribution >= 4 is 29.4 Å². The van der Waals surface area contributed by atoms with Crippen LogP contribution in [-0.4, -0.2) is 42.6 Å². The first-order valence-electron chi connectivity index (χ1n) is 7.64. The Bertz CT molecular complexity index is 693. The van der Waals surface area contributed by atoms with Crippen LogP contribution in [0.15, 0.2) is 12.1 Å². The van der Waals surface area contributed by atoms with E-state index in [1.54, 1.807) is 0 Å². The van der Waals surface area contributed by atoms with Crippen molar-refractivity contribution in [2.75, 3.05) is 13.7 Å². The second-order valence-corrected chi connectivity index (χ2v) is 6.17. The van der Waals surface area contributed by atoms with E-state index >= 15 is 0 Å². The zero-order valence-electron chi connectivity index (χ0n) is 13.6. The average Bonchev–Trinajstić information content (AvgIpc) is 3.01. The van der Waals surface area contributed by atoms with E-state index in [-0.39, 0.29) is 34.7 Å². The number of rotatable bonds is 7. The van der Waals surface area contributed by atoms with Crippen molar-refractivity contribution in [3.8, 4) is 11.5 Å². The lowest BCUT2D eigenvalue weighted by Crippen LogP contribution is -2.33. The van der Waals surface area contributed by atoms with Gasteiger partial charge in [-0.3, -0.25) is 14.4 Å². The minimum atomic E-state index is -0.850. The Labute approximate surface area is 149 Å². The maximum Gasteiger partial charge on any atom is 0.306 e. The first kappa shape index (κ1) is 18.9. The Morgan fingerprint density at radius 3 is 2.64 bits per heavy atom. The molecule has 0 heterocycles. The predicted octanol–water partition coefficient (Wildman–Crippen LogP) is 1.20. The van der Waals surface area contributed by atoms with Crippen molar-refractivity contribution in [1.29, 1.82) is 0 Å². The number of methoxy groups -OCH3 is 1. The lowest BCUT2D eigenvalue weighted by atomic mass is 10.1. The first-order valence-corrected chi connectivity index (χ1v) is 8.02. The summed E-state index contributed by atoms with van der Waals surface area (Å²) in [5, 5.41) is 11.9. The molecule has 1 aromatic carbocycles. The van der Waals surface area contributed by atoms with Crippen molar-refractivity contribution in [2.24, 2.45) is 11.7 Å². The van der Waals surface area contributed by atoms with E-state index in [2.05, 4.69) is 5.32 Å². The highest BCUT2D eigenvalue weighted by Crippen LogP contribution is 2.36. The van der Waals surface area contributed by atoms with Crippen LogP contribution in [0.4, 0.5) is 0 Å². The molecule has 4 N–H and O–H groups in total. The van der Waals surface area contributed by atoms with Crippen molar-refractivity contribution < 1.29 is 29.0 Å². The third-order valence-electron chi connectivity index (χ3n) is 3.97. The topological polar surface area (TPSA) is 128 Å². The number of nitrogens with two attached hydrogens (primary N) is 1. The number of amides is 2. The van der Waals surface area contributed by atoms with Crippen LogP contribution in [0, 0.1) is 5.92 Å². The van der Waals surface area contributed by atoms with E-state index in [9.17, 15) is 14.4 Å². The molecule has 2 atom stereocenters. The van der Waals surface area contributed by atoms with Crippen molar-refractivity contribution in [3.05, 3.63) is 22.7 Å². The number of carboxylic acid groups (broad SMARTS) is 1. The van der Waals surface area contributed by atoms with Gasteiger partial charge in [0.25, 0.3) is 11.8 Å². The molecule has 2 rings (SSSR count). The molecule has 2 amide bonds. The number of hydrogen-bond donors (Lipinski definition) is 3. The summed E-state index contributed by atoms with van der Waals surface area (Å²) in [7, 11) is 1.37. The van der Waals surface area contributed by atoms with Crippen molar-refractivity contribution in [3.63, 3.8) is 0 Å². The number of carbonyl (C=O) groups is 3. The predicted molar refractivity (Wildman–Crippen MR) is 88.9 cm³/mol. The fraction of sp³-hybridized carbons (Fsp3) is 0.438. The molecular weight excluding hydrogens is 352 g/mol. The van der Waals surface area contributed by atoms with Gasteiger partial charge in [-0.15, -0.1) is 0 Å². The highest BCUT2D eigenvalue weighted by atomic mass is 35.5. The molecule has 1 aliphatic carbocycles. The van der Waals surface area contributed by atoms with E-state index in [0.29, 0.717) is 19.3 Å². The number of halogens is 1. The Morgan fingerprint density at radius 2 is 2.08 bits per heavy atom. The van der Waals surface area contributed by atoms with Crippen molar-refractivity contribution in [1.82, 2.24) is 5.32 Å². The van der Waals surface area contributed by atoms with Gasteiger partial charge in [-0.1, -0.05) is 11.6 Å². The zero-order chi connectivity index (χ0) is 18.6. The Hall–Kier alpha value is -2.48. The maximum atomic E-state index is 12.4. The summed E-state index contributed by atoms with van der Waals surface area (Å²) in [6.45, 7) is -0.375. The zero-order valence-corrected chi connectivity index (χ0v) is 14.3. The fourth-order valence-electron chi connectivity index (χ4n) is 2.74. The lowest BCUT2D eigenvalue weighted by molar-refractivity contribution is -0.141. The summed E-state index contributed by atoms with van der Waals surface area (Å²) in [5.41, 5.74) is 5.27. The maximum absolute atomic E-state index is 12.4. The van der Waals surface area contributed by atoms with Gasteiger partial charge >= 0.3 is 5.97 Å². The van der Waals surface area contributed by atoms with Gasteiger partial charge in [0, 0.05) is 11.6 Å². The summed E-state index contributed by atoms with van der Waals surface area (Å²) < 4.78 is 10.3. The molecule has 0 aromatic heterocycles. The van der Waals surface area contributed by atoms with Crippen LogP contribution >= 0.6 is 11.6 Å². The summed E-state index contributed by atoms with van der Waals surface area (Å²) in [6, 6.07) is 2.62. The minimum Gasteiger partial charge on any atom is -0.493 e. The molecule has 0 radical (unpaired) electrons. The lowest BCUT2D eigenvalue weighted by Gasteiger charge is -2.15. The molecule has 0 unspecified atom stereocenters. The Kier molecular flexibility index (Phi) is 6.08. The molecule has 1 fully saturated rings. The number of hydrogen-bond acceptors (Lipinski definition) is 5. The van der Waals surface area contributed by atoms with Gasteiger partial charge in [0.15, 0.2) is 18.1 Å². The third kappa shape index (κ3) is 4.76. The van der Waals surface area contributed by atoms with Gasteiger partial charge in [0.2, 0.25) is 0 Å². The van der Waals surface area contributed by atoms with Crippen LogP contribution in [0.2, 0.25) is 5.02 Å². The highest BCUT2D eigenvalue weighted by molar-refractivity contribution is 6.32. The van der Waals surface area contributed by atoms with Gasteiger partial charge in [-0.2, -0.15) is 0 Å². The number of ether oxygens (including phenoxy) is 2. The molecule has 25 heavy (non-hydrogen) atoms. The number of primary amides is 1. The number of nitrogens with one attached hydrogen (secondary N) is 1. The smallest absolute Gasteiger partial charge is 0.306 e. The van der Waals surface area contributed by atoms with E-state index in [1.807, 2.05) is 0 Å². The van der Waals surface area contributed by atoms with Crippen LogP contribution in [0.1, 0.15) is 29.6 Å². The second kappa shape index (κ2) is 8.06. The molecule has 1 aromatic rings. The quantitative estimate of drug-likeness (QED) is 0.661. The minimum absolute atomic E-state index is 0.0978. The summed E-state index contributed by atoms with van der Waals surface area (Å²) in [4.78, 5) is 34.2. The van der Waals surface area contributed by atoms with Crippen LogP contribution in [-0.2, 0) is 9.59 Å². The molecule has 0 saturated heterocycles. The molecule has 0 aliphatic heterocycles. The molecular formula is C16H19ClN2O6. The second-order valence-electron chi connectivity index (χ2n) is 5.76. The molecule has 1 aliphatic rings. The summed E-state index contributed by atoms with van der Waals surface area (Å²) in [6.07, 6.45) is 1.53. The molecule has 9 heteroatoms. The largest absolute Gasteiger partial charge is 0.493 e. The number of benzene rings is 1. The molecule has 8 nitrogen and oxygen atoms in total. The first-order chi connectivity index (χ1) is 11.8. The Balaban J connectivity index is 2.11. The van der Waals surface area contributed by atoms with Gasteiger partial charge < -0.3 is 25.6 Å². The fourth-order valence-corrected chi connectivity index (χ4v) is 3.01. The Morgan fingerprint density at radius 1 is 1.36 bits per heavy atom. The molecule has 1 saturated carbocycles. The van der Waals surface area contributed by atoms with E-state index in [1.165, 1.54) is 19.2 Å². The number of carboxylic acids is 1. The monoisotopic (exact) mass is 370 g/mol. The van der Waals surface area contributed by atoms with Crippen LogP contribution in [0.3, 0.4) is 0 Å². The standard InChI is InChI=1S/C16H19ClN2O6/c1-24-12-6-9(5-11(17)14(12)25-7-13(18)20)15(21)19-10-3-2-8(4-10)16(22)23/h5-6,8,10H,2-4,7H2,1H3,(H2,18,20)(H,19,21)(H,22,23)/t8-,10+/m0/s1. The van der Waals surface area contributed by atoms with Gasteiger partial charge in [0.05, 0.1) is 18.1 Å². The highest BCUT2D eigenvalue weighted by Gasteiger charge is 2.31. The average molecular weight is 371 g/mol. The van der Waals surface area contributed by atoms with Crippen LogP contribution in [0.25, 0.3) is 0 Å². The normalized spacial score (nSPS) is 19.3. The summed E-state index contributed by atoms with van der Waals surface area (Å²) >= 11 is 6.11. The SMILES string of the molecule is COc1cc(C(=O)N[C@@H]2CC[C@H](C(=O)O)C2)cc(Cl)c1OCC(N)=O. The molecule has 0 bridgehead atoms. The van der Waals surface area contributed by atoms with Gasteiger partial charge in [-0.25, -0.2) is 0 Å². The van der Waals surface area contributed by atoms with Crippen LogP contribution in [0.5, 0.6) is 11.5 Å². The summed E-state index contributed by atoms with van der Waals surface area (Å²) in [5.74, 6) is -2.04. The van der Waals surface area contributed by atoms with E-state index < -0.39 is 23.7 Å². The van der Waals surface area contributed by atoms with E-state index in [0.717, 1.165) is 0 Å². The number of aliphatic carboxylic acids is 1.